The average Bonchev–Trinajstić information content (AvgIpc) is 2.86. The summed E-state index contributed by atoms with van der Waals surface area (Å²) in [5, 5.41) is 19.1. The summed E-state index contributed by atoms with van der Waals surface area (Å²) >= 11 is 0. The monoisotopic (exact) mass is 259 g/mol. The lowest BCUT2D eigenvalue weighted by Gasteiger charge is -2.07. The van der Waals surface area contributed by atoms with Crippen LogP contribution in [0.1, 0.15) is 13.8 Å². The van der Waals surface area contributed by atoms with Gasteiger partial charge in [0.15, 0.2) is 0 Å². The SMILES string of the molecule is CC(C(=O)O)=C(C)C(=O)Nc1cccc2cn[nH]c12. The van der Waals surface area contributed by atoms with Crippen molar-refractivity contribution in [3.8, 4) is 0 Å². The van der Waals surface area contributed by atoms with Crippen LogP contribution in [0.4, 0.5) is 5.69 Å². The first-order valence-electron chi connectivity index (χ1n) is 5.65. The highest BCUT2D eigenvalue weighted by molar-refractivity contribution is 6.10. The predicted octanol–water partition coefficient (Wildman–Crippen LogP) is 1.92. The second-order valence-corrected chi connectivity index (χ2v) is 4.15. The van der Waals surface area contributed by atoms with Gasteiger partial charge in [0.2, 0.25) is 0 Å². The molecule has 6 nitrogen and oxygen atoms in total. The van der Waals surface area contributed by atoms with Gasteiger partial charge in [-0.3, -0.25) is 9.89 Å². The van der Waals surface area contributed by atoms with Crippen LogP contribution in [-0.2, 0) is 9.59 Å². The quantitative estimate of drug-likeness (QED) is 0.734. The van der Waals surface area contributed by atoms with Crippen LogP contribution in [0.25, 0.3) is 10.9 Å². The Bertz CT molecular complexity index is 685. The van der Waals surface area contributed by atoms with E-state index >= 15 is 0 Å². The highest BCUT2D eigenvalue weighted by Crippen LogP contribution is 2.21. The molecule has 0 spiro atoms. The van der Waals surface area contributed by atoms with Crippen molar-refractivity contribution in [2.24, 2.45) is 0 Å². The van der Waals surface area contributed by atoms with Gasteiger partial charge >= 0.3 is 5.97 Å². The number of anilines is 1. The number of hydrogen-bond donors (Lipinski definition) is 3. The van der Waals surface area contributed by atoms with Crippen LogP contribution >= 0.6 is 0 Å². The standard InChI is InChI=1S/C13H13N3O3/c1-7(8(2)13(18)19)12(17)15-10-5-3-4-9-6-14-16-11(9)10/h3-6H,1-2H3,(H,14,16)(H,15,17)(H,18,19). The highest BCUT2D eigenvalue weighted by atomic mass is 16.4. The molecule has 6 heteroatoms. The Morgan fingerprint density at radius 2 is 2.00 bits per heavy atom. The number of benzene rings is 1. The lowest BCUT2D eigenvalue weighted by Crippen LogP contribution is -2.16. The number of fused-ring (bicyclic) bond motifs is 1. The topological polar surface area (TPSA) is 95.1 Å². The summed E-state index contributed by atoms with van der Waals surface area (Å²) in [5.41, 5.74) is 1.47. The number of rotatable bonds is 3. The van der Waals surface area contributed by atoms with Crippen LogP contribution in [0.5, 0.6) is 0 Å². The first kappa shape index (κ1) is 12.8. The van der Waals surface area contributed by atoms with Crippen LogP contribution in [0.15, 0.2) is 35.5 Å². The second kappa shape index (κ2) is 4.93. The molecule has 0 aliphatic rings. The van der Waals surface area contributed by atoms with Crippen molar-refractivity contribution in [3.05, 3.63) is 35.5 Å². The van der Waals surface area contributed by atoms with Crippen LogP contribution in [0.3, 0.4) is 0 Å². The Morgan fingerprint density at radius 3 is 2.68 bits per heavy atom. The molecule has 2 aromatic rings. The van der Waals surface area contributed by atoms with Gasteiger partial charge in [0.25, 0.3) is 5.91 Å². The van der Waals surface area contributed by atoms with Crippen molar-refractivity contribution in [3.63, 3.8) is 0 Å². The van der Waals surface area contributed by atoms with E-state index in [4.69, 9.17) is 5.11 Å². The summed E-state index contributed by atoms with van der Waals surface area (Å²) in [6.07, 6.45) is 1.65. The van der Waals surface area contributed by atoms with Crippen LogP contribution < -0.4 is 5.32 Å². The minimum absolute atomic E-state index is 0.0225. The maximum absolute atomic E-state index is 12.0. The number of carboxylic acids is 1. The van der Waals surface area contributed by atoms with Crippen molar-refractivity contribution in [1.82, 2.24) is 10.2 Å². The van der Waals surface area contributed by atoms with Crippen LogP contribution in [0, 0.1) is 0 Å². The van der Waals surface area contributed by atoms with Gasteiger partial charge in [-0.15, -0.1) is 0 Å². The zero-order chi connectivity index (χ0) is 14.0. The Morgan fingerprint density at radius 1 is 1.26 bits per heavy atom. The van der Waals surface area contributed by atoms with E-state index in [1.54, 1.807) is 18.3 Å². The molecule has 0 aliphatic heterocycles. The summed E-state index contributed by atoms with van der Waals surface area (Å²) in [5.74, 6) is -1.55. The summed E-state index contributed by atoms with van der Waals surface area (Å²) in [7, 11) is 0. The van der Waals surface area contributed by atoms with Crippen molar-refractivity contribution >= 4 is 28.5 Å². The summed E-state index contributed by atoms with van der Waals surface area (Å²) in [4.78, 5) is 22.8. The molecule has 1 aromatic carbocycles. The number of carboxylic acid groups (broad SMARTS) is 1. The number of nitrogens with zero attached hydrogens (tertiary/aromatic N) is 1. The Hall–Kier alpha value is -2.63. The van der Waals surface area contributed by atoms with Gasteiger partial charge < -0.3 is 10.4 Å². The van der Waals surface area contributed by atoms with Crippen LogP contribution in [-0.4, -0.2) is 27.2 Å². The number of carbonyl (C=O) groups is 2. The molecule has 0 saturated heterocycles. The Balaban J connectivity index is 2.31. The fourth-order valence-corrected chi connectivity index (χ4v) is 1.62. The number of para-hydroxylation sites is 1. The molecule has 0 unspecified atom stereocenters. The number of hydrogen-bond acceptors (Lipinski definition) is 3. The molecule has 1 amide bonds. The first-order valence-corrected chi connectivity index (χ1v) is 5.65. The largest absolute Gasteiger partial charge is 0.478 e. The van der Waals surface area contributed by atoms with E-state index in [-0.39, 0.29) is 11.1 Å². The molecule has 1 heterocycles. The summed E-state index contributed by atoms with van der Waals surface area (Å²) in [6.45, 7) is 2.87. The Kier molecular flexibility index (Phi) is 3.33. The van der Waals surface area contributed by atoms with Gasteiger partial charge in [-0.05, 0) is 19.9 Å². The van der Waals surface area contributed by atoms with Crippen LogP contribution in [0.2, 0.25) is 0 Å². The number of aliphatic carboxylic acids is 1. The summed E-state index contributed by atoms with van der Waals surface area (Å²) in [6, 6.07) is 5.37. The normalized spacial score (nSPS) is 12.1. The van der Waals surface area contributed by atoms with E-state index in [1.807, 2.05) is 6.07 Å². The van der Waals surface area contributed by atoms with E-state index in [0.717, 1.165) is 5.39 Å². The third-order valence-corrected chi connectivity index (χ3v) is 2.95. The van der Waals surface area contributed by atoms with E-state index in [1.165, 1.54) is 13.8 Å². The second-order valence-electron chi connectivity index (χ2n) is 4.15. The number of aromatic amines is 1. The van der Waals surface area contributed by atoms with Gasteiger partial charge in [-0.25, -0.2) is 4.79 Å². The highest BCUT2D eigenvalue weighted by Gasteiger charge is 2.14. The lowest BCUT2D eigenvalue weighted by molar-refractivity contribution is -0.133. The molecule has 19 heavy (non-hydrogen) atoms. The van der Waals surface area contributed by atoms with E-state index in [2.05, 4.69) is 15.5 Å². The number of nitrogens with one attached hydrogen (secondary N) is 2. The minimum atomic E-state index is -1.10. The molecule has 0 fully saturated rings. The van der Waals surface area contributed by atoms with Crippen molar-refractivity contribution in [2.45, 2.75) is 13.8 Å². The molecule has 0 radical (unpaired) electrons. The van der Waals surface area contributed by atoms with Gasteiger partial charge in [0.05, 0.1) is 17.4 Å². The van der Waals surface area contributed by atoms with Gasteiger partial charge in [0, 0.05) is 16.5 Å². The molecule has 0 aliphatic carbocycles. The third kappa shape index (κ3) is 2.47. The fraction of sp³-hybridized carbons (Fsp3) is 0.154. The lowest BCUT2D eigenvalue weighted by atomic mass is 10.1. The molecule has 0 saturated carbocycles. The molecule has 3 N–H and O–H groups in total. The van der Waals surface area contributed by atoms with Crippen molar-refractivity contribution < 1.29 is 14.7 Å². The number of H-pyrrole nitrogens is 1. The van der Waals surface area contributed by atoms with Gasteiger partial charge in [0.1, 0.15) is 0 Å². The third-order valence-electron chi connectivity index (χ3n) is 2.95. The summed E-state index contributed by atoms with van der Waals surface area (Å²) < 4.78 is 0. The van der Waals surface area contributed by atoms with Crippen molar-refractivity contribution in [1.29, 1.82) is 0 Å². The van der Waals surface area contributed by atoms with Crippen molar-refractivity contribution in [2.75, 3.05) is 5.32 Å². The molecular weight excluding hydrogens is 246 g/mol. The number of aromatic nitrogens is 2. The maximum Gasteiger partial charge on any atom is 0.331 e. The van der Waals surface area contributed by atoms with Gasteiger partial charge in [-0.2, -0.15) is 5.10 Å². The zero-order valence-corrected chi connectivity index (χ0v) is 10.5. The smallest absolute Gasteiger partial charge is 0.331 e. The Labute approximate surface area is 109 Å². The molecule has 0 atom stereocenters. The molecule has 0 bridgehead atoms. The number of carbonyl (C=O) groups excluding carboxylic acids is 1. The maximum atomic E-state index is 12.0. The minimum Gasteiger partial charge on any atom is -0.478 e. The first-order chi connectivity index (χ1) is 9.00. The predicted molar refractivity (Wildman–Crippen MR) is 70.7 cm³/mol. The average molecular weight is 259 g/mol. The van der Waals surface area contributed by atoms with E-state index < -0.39 is 11.9 Å². The molecule has 1 aromatic heterocycles. The van der Waals surface area contributed by atoms with E-state index in [0.29, 0.717) is 11.2 Å². The zero-order valence-electron chi connectivity index (χ0n) is 10.5. The number of amides is 1. The van der Waals surface area contributed by atoms with E-state index in [9.17, 15) is 9.59 Å². The molecular formula is C13H13N3O3. The molecule has 98 valence electrons. The van der Waals surface area contributed by atoms with Gasteiger partial charge in [-0.1, -0.05) is 12.1 Å². The fourth-order valence-electron chi connectivity index (χ4n) is 1.62. The molecule has 2 rings (SSSR count).